The van der Waals surface area contributed by atoms with Gasteiger partial charge in [-0.2, -0.15) is 5.10 Å². The molecule has 1 aliphatic heterocycles. The van der Waals surface area contributed by atoms with Crippen LogP contribution in [0.1, 0.15) is 45.6 Å². The summed E-state index contributed by atoms with van der Waals surface area (Å²) in [4.78, 5) is 23.9. The second-order valence-corrected chi connectivity index (χ2v) is 9.08. The predicted octanol–water partition coefficient (Wildman–Crippen LogP) is 3.27. The fraction of sp³-hybridized carbons (Fsp3) is 0.286. The fourth-order valence-corrected chi connectivity index (χ4v) is 4.46. The van der Waals surface area contributed by atoms with Gasteiger partial charge in [-0.25, -0.2) is 9.50 Å². The molecule has 0 bridgehead atoms. The summed E-state index contributed by atoms with van der Waals surface area (Å²) in [6.45, 7) is 5.23. The van der Waals surface area contributed by atoms with E-state index >= 15 is 0 Å². The molecule has 4 heterocycles. The van der Waals surface area contributed by atoms with E-state index in [0.29, 0.717) is 22.9 Å². The summed E-state index contributed by atoms with van der Waals surface area (Å²) in [5, 5.41) is 10.6. The first-order valence-electron chi connectivity index (χ1n) is 12.2. The van der Waals surface area contributed by atoms with Crippen molar-refractivity contribution in [1.82, 2.24) is 29.8 Å². The number of piperidine rings is 1. The van der Waals surface area contributed by atoms with Crippen molar-refractivity contribution < 1.29 is 4.79 Å². The summed E-state index contributed by atoms with van der Waals surface area (Å²) < 4.78 is 1.67. The van der Waals surface area contributed by atoms with Crippen molar-refractivity contribution in [2.75, 3.05) is 25.5 Å². The quantitative estimate of drug-likeness (QED) is 0.427. The molecule has 1 amide bonds. The number of benzene rings is 1. The number of hydrogen-bond donors (Lipinski definition) is 2. The first-order chi connectivity index (χ1) is 17.6. The van der Waals surface area contributed by atoms with Crippen molar-refractivity contribution in [2.45, 2.75) is 32.4 Å². The van der Waals surface area contributed by atoms with Crippen molar-refractivity contribution in [3.05, 3.63) is 89.1 Å². The number of likely N-dealkylation sites (tertiary alicyclic amines) is 1. The van der Waals surface area contributed by atoms with Gasteiger partial charge in [-0.3, -0.25) is 14.7 Å². The highest BCUT2D eigenvalue weighted by atomic mass is 16.1. The van der Waals surface area contributed by atoms with Gasteiger partial charge in [0.2, 0.25) is 0 Å². The average Bonchev–Trinajstić information content (AvgIpc) is 3.33. The van der Waals surface area contributed by atoms with E-state index in [4.69, 9.17) is 0 Å². The molecule has 2 N–H and O–H groups in total. The number of rotatable bonds is 5. The zero-order valence-electron chi connectivity index (χ0n) is 20.5. The third-order valence-corrected chi connectivity index (χ3v) is 6.60. The summed E-state index contributed by atoms with van der Waals surface area (Å²) in [5.41, 5.74) is 5.72. The SMILES string of the molecule is CNC1CCN(Cc2ccc(NC(=O)c3cncc(C#Cc4cnc5cccnn45)c3)cc2C)CC1. The van der Waals surface area contributed by atoms with Crippen LogP contribution in [0.4, 0.5) is 5.69 Å². The van der Waals surface area contributed by atoms with Crippen LogP contribution in [0.25, 0.3) is 5.65 Å². The van der Waals surface area contributed by atoms with Crippen LogP contribution in [-0.4, -0.2) is 56.6 Å². The minimum atomic E-state index is -0.219. The van der Waals surface area contributed by atoms with Crippen LogP contribution < -0.4 is 10.6 Å². The Hall–Kier alpha value is -4.06. The molecule has 1 fully saturated rings. The Labute approximate surface area is 210 Å². The molecule has 0 radical (unpaired) electrons. The first-order valence-corrected chi connectivity index (χ1v) is 12.2. The maximum absolute atomic E-state index is 12.9. The molecule has 36 heavy (non-hydrogen) atoms. The lowest BCUT2D eigenvalue weighted by molar-refractivity contribution is 0.102. The maximum atomic E-state index is 12.9. The van der Waals surface area contributed by atoms with E-state index in [1.807, 2.05) is 31.3 Å². The first kappa shape index (κ1) is 23.7. The molecule has 0 saturated carbocycles. The largest absolute Gasteiger partial charge is 0.322 e. The van der Waals surface area contributed by atoms with E-state index < -0.39 is 0 Å². The van der Waals surface area contributed by atoms with E-state index in [9.17, 15) is 4.79 Å². The zero-order chi connectivity index (χ0) is 24.9. The summed E-state index contributed by atoms with van der Waals surface area (Å²) in [6.07, 6.45) is 8.91. The lowest BCUT2D eigenvalue weighted by Gasteiger charge is -2.32. The molecule has 0 aliphatic carbocycles. The van der Waals surface area contributed by atoms with Crippen molar-refractivity contribution in [2.24, 2.45) is 0 Å². The number of aryl methyl sites for hydroxylation is 1. The molecule has 0 atom stereocenters. The van der Waals surface area contributed by atoms with Crippen molar-refractivity contribution in [3.63, 3.8) is 0 Å². The van der Waals surface area contributed by atoms with Gasteiger partial charge in [-0.05, 0) is 87.3 Å². The monoisotopic (exact) mass is 479 g/mol. The smallest absolute Gasteiger partial charge is 0.257 e. The van der Waals surface area contributed by atoms with E-state index in [0.717, 1.165) is 31.0 Å². The van der Waals surface area contributed by atoms with Gasteiger partial charge < -0.3 is 10.6 Å². The summed E-state index contributed by atoms with van der Waals surface area (Å²) in [5.74, 6) is 5.90. The third-order valence-electron chi connectivity index (χ3n) is 6.60. The number of hydrogen-bond acceptors (Lipinski definition) is 6. The number of aromatic nitrogens is 4. The number of nitrogens with one attached hydrogen (secondary N) is 2. The fourth-order valence-electron chi connectivity index (χ4n) is 4.46. The number of imidazole rings is 1. The number of nitrogens with zero attached hydrogens (tertiary/aromatic N) is 5. The van der Waals surface area contributed by atoms with Crippen LogP contribution in [0.15, 0.2) is 61.2 Å². The van der Waals surface area contributed by atoms with Crippen LogP contribution in [0.2, 0.25) is 0 Å². The Morgan fingerprint density at radius 1 is 1.11 bits per heavy atom. The molecule has 4 aromatic rings. The van der Waals surface area contributed by atoms with Crippen LogP contribution in [0.3, 0.4) is 0 Å². The molecular formula is C28H29N7O. The van der Waals surface area contributed by atoms with E-state index in [1.54, 1.807) is 35.4 Å². The second-order valence-electron chi connectivity index (χ2n) is 9.08. The molecule has 1 aliphatic rings. The van der Waals surface area contributed by atoms with Gasteiger partial charge in [0, 0.05) is 42.4 Å². The minimum Gasteiger partial charge on any atom is -0.322 e. The molecule has 5 rings (SSSR count). The van der Waals surface area contributed by atoms with Crippen LogP contribution in [-0.2, 0) is 6.54 Å². The van der Waals surface area contributed by atoms with Gasteiger partial charge in [0.25, 0.3) is 5.91 Å². The average molecular weight is 480 g/mol. The van der Waals surface area contributed by atoms with E-state index in [1.165, 1.54) is 24.0 Å². The van der Waals surface area contributed by atoms with Crippen LogP contribution >= 0.6 is 0 Å². The number of carbonyl (C=O) groups excluding carboxylic acids is 1. The molecule has 3 aromatic heterocycles. The Morgan fingerprint density at radius 3 is 2.78 bits per heavy atom. The predicted molar refractivity (Wildman–Crippen MR) is 140 cm³/mol. The standard InChI is InChI=1S/C28H29N7O/c1-20-14-25(7-6-22(20)19-34-12-9-24(29-2)10-13-34)33-28(36)23-15-21(16-30-17-23)5-8-26-18-31-27-4-3-11-32-35(26)27/h3-4,6-7,11,14-18,24,29H,9-10,12-13,19H2,1-2H3,(H,33,36). The van der Waals surface area contributed by atoms with Gasteiger partial charge in [-0.1, -0.05) is 12.0 Å². The number of anilines is 1. The topological polar surface area (TPSA) is 87.5 Å². The lowest BCUT2D eigenvalue weighted by Crippen LogP contribution is -2.40. The number of fused-ring (bicyclic) bond motifs is 1. The highest BCUT2D eigenvalue weighted by Gasteiger charge is 2.18. The van der Waals surface area contributed by atoms with Crippen molar-refractivity contribution >= 4 is 17.2 Å². The Morgan fingerprint density at radius 2 is 1.97 bits per heavy atom. The number of amides is 1. The molecule has 1 aromatic carbocycles. The van der Waals surface area contributed by atoms with Crippen LogP contribution in [0.5, 0.6) is 0 Å². The summed E-state index contributed by atoms with van der Waals surface area (Å²) in [6, 6.07) is 12.2. The van der Waals surface area contributed by atoms with Crippen LogP contribution in [0, 0.1) is 18.8 Å². The normalized spacial score (nSPS) is 14.4. The number of carbonyl (C=O) groups is 1. The molecule has 8 nitrogen and oxygen atoms in total. The van der Waals surface area contributed by atoms with E-state index in [2.05, 4.69) is 55.4 Å². The van der Waals surface area contributed by atoms with Crippen molar-refractivity contribution in [1.29, 1.82) is 0 Å². The third kappa shape index (κ3) is 5.43. The maximum Gasteiger partial charge on any atom is 0.257 e. The molecular weight excluding hydrogens is 450 g/mol. The van der Waals surface area contributed by atoms with Gasteiger partial charge in [0.05, 0.1) is 11.8 Å². The minimum absolute atomic E-state index is 0.219. The number of pyridine rings is 1. The van der Waals surface area contributed by atoms with Gasteiger partial charge in [0.15, 0.2) is 5.65 Å². The lowest BCUT2D eigenvalue weighted by atomic mass is 10.0. The van der Waals surface area contributed by atoms with Gasteiger partial charge in [0.1, 0.15) is 5.69 Å². The van der Waals surface area contributed by atoms with E-state index in [-0.39, 0.29) is 5.91 Å². The summed E-state index contributed by atoms with van der Waals surface area (Å²) >= 11 is 0. The molecule has 0 unspecified atom stereocenters. The second kappa shape index (κ2) is 10.7. The highest BCUT2D eigenvalue weighted by Crippen LogP contribution is 2.20. The Kier molecular flexibility index (Phi) is 7.03. The Bertz CT molecular complexity index is 1440. The van der Waals surface area contributed by atoms with Gasteiger partial charge in [-0.15, -0.1) is 0 Å². The van der Waals surface area contributed by atoms with Gasteiger partial charge >= 0.3 is 0 Å². The Balaban J connectivity index is 1.24. The summed E-state index contributed by atoms with van der Waals surface area (Å²) in [7, 11) is 2.04. The molecule has 182 valence electrons. The molecule has 8 heteroatoms. The van der Waals surface area contributed by atoms with Crippen molar-refractivity contribution in [3.8, 4) is 11.8 Å². The highest BCUT2D eigenvalue weighted by molar-refractivity contribution is 6.04. The molecule has 0 spiro atoms. The molecule has 1 saturated heterocycles. The zero-order valence-corrected chi connectivity index (χ0v) is 20.5.